The highest BCUT2D eigenvalue weighted by molar-refractivity contribution is 7.97. The van der Waals surface area contributed by atoms with Gasteiger partial charge in [-0.15, -0.1) is 0 Å². The molecule has 0 aliphatic carbocycles. The molecule has 1 saturated heterocycles. The molecular weight excluding hydrogens is 429 g/mol. The number of hydrogen-bond acceptors (Lipinski definition) is 10. The number of methoxy groups -OCH3 is 2. The van der Waals surface area contributed by atoms with E-state index in [2.05, 4.69) is 15.0 Å². The zero-order valence-electron chi connectivity index (χ0n) is 15.7. The lowest BCUT2D eigenvalue weighted by Gasteiger charge is -2.22. The summed E-state index contributed by atoms with van der Waals surface area (Å²) in [6.07, 6.45) is 0.00585. The van der Waals surface area contributed by atoms with Gasteiger partial charge < -0.3 is 29.7 Å². The molecule has 4 atom stereocenters. The minimum atomic E-state index is -4.70. The second-order valence-corrected chi connectivity index (χ2v) is 10.8. The molecule has 3 heterocycles. The van der Waals surface area contributed by atoms with Crippen molar-refractivity contribution in [2.45, 2.75) is 31.0 Å². The maximum atomic E-state index is 12.0. The number of sulfone groups is 1. The first-order valence-corrected chi connectivity index (χ1v) is 12.1. The molecule has 13 nitrogen and oxygen atoms in total. The predicted molar refractivity (Wildman–Crippen MR) is 101 cm³/mol. The first-order chi connectivity index (χ1) is 13.6. The number of anilines is 1. The van der Waals surface area contributed by atoms with Gasteiger partial charge >= 0.3 is 7.60 Å². The Balaban J connectivity index is 1.84. The predicted octanol–water partition coefficient (Wildman–Crippen LogP) is -0.724. The third-order valence-corrected chi connectivity index (χ3v) is 8.35. The number of hydrogen-bond donors (Lipinski definition) is 3. The summed E-state index contributed by atoms with van der Waals surface area (Å²) in [6.45, 7) is 0. The van der Waals surface area contributed by atoms with Crippen LogP contribution in [0.15, 0.2) is 12.7 Å². The number of rotatable bonds is 8. The lowest BCUT2D eigenvalue weighted by molar-refractivity contribution is -0.0517. The Kier molecular flexibility index (Phi) is 6.24. The fourth-order valence-corrected chi connectivity index (χ4v) is 6.53. The van der Waals surface area contributed by atoms with E-state index >= 15 is 0 Å². The van der Waals surface area contributed by atoms with E-state index in [1.54, 1.807) is 4.57 Å². The minimum Gasteiger partial charge on any atom is -0.382 e. The Bertz CT molecular complexity index is 1020. The summed E-state index contributed by atoms with van der Waals surface area (Å²) in [7, 11) is -5.79. The van der Waals surface area contributed by atoms with Crippen molar-refractivity contribution >= 4 is 34.4 Å². The van der Waals surface area contributed by atoms with Crippen molar-refractivity contribution in [2.75, 3.05) is 31.2 Å². The highest BCUT2D eigenvalue weighted by Gasteiger charge is 2.47. The van der Waals surface area contributed by atoms with Crippen molar-refractivity contribution in [2.24, 2.45) is 0 Å². The number of ether oxygens (including phenoxy) is 3. The highest BCUT2D eigenvalue weighted by Crippen LogP contribution is 2.38. The molecule has 2 aromatic heterocycles. The van der Waals surface area contributed by atoms with Gasteiger partial charge in [-0.3, -0.25) is 9.13 Å². The van der Waals surface area contributed by atoms with Crippen LogP contribution in [0.5, 0.6) is 0 Å². The van der Waals surface area contributed by atoms with Crippen LogP contribution in [0.3, 0.4) is 0 Å². The smallest absolute Gasteiger partial charge is 0.340 e. The van der Waals surface area contributed by atoms with Gasteiger partial charge in [0.1, 0.15) is 24.1 Å². The van der Waals surface area contributed by atoms with Crippen LogP contribution < -0.4 is 5.73 Å². The van der Waals surface area contributed by atoms with Crippen LogP contribution in [0.1, 0.15) is 12.6 Å². The van der Waals surface area contributed by atoms with E-state index in [0.29, 0.717) is 11.2 Å². The number of nitrogens with zero attached hydrogens (tertiary/aromatic N) is 4. The van der Waals surface area contributed by atoms with E-state index in [1.165, 1.54) is 26.9 Å². The van der Waals surface area contributed by atoms with Crippen LogP contribution in [-0.2, 0) is 28.6 Å². The van der Waals surface area contributed by atoms with Crippen molar-refractivity contribution in [1.82, 2.24) is 19.5 Å². The summed E-state index contributed by atoms with van der Waals surface area (Å²) in [4.78, 5) is 30.1. The Morgan fingerprint density at radius 1 is 1.24 bits per heavy atom. The summed E-state index contributed by atoms with van der Waals surface area (Å²) in [5.41, 5.74) is 5.38. The second-order valence-electron chi connectivity index (χ2n) is 6.58. The van der Waals surface area contributed by atoms with Gasteiger partial charge in [0.05, 0.1) is 18.2 Å². The largest absolute Gasteiger partial charge is 0.382 e. The summed E-state index contributed by atoms with van der Waals surface area (Å²) >= 11 is 0. The lowest BCUT2D eigenvalue weighted by atomic mass is 10.1. The molecule has 162 valence electrons. The quantitative estimate of drug-likeness (QED) is 0.428. The summed E-state index contributed by atoms with van der Waals surface area (Å²) in [5, 5.41) is 0. The van der Waals surface area contributed by atoms with E-state index in [0.717, 1.165) is 0 Å². The van der Waals surface area contributed by atoms with E-state index in [4.69, 9.17) is 29.7 Å². The normalized spacial score (nSPS) is 25.7. The number of nitrogens with two attached hydrogens (primary N) is 1. The van der Waals surface area contributed by atoms with Crippen LogP contribution in [0, 0.1) is 0 Å². The number of imidazole rings is 1. The molecule has 15 heteroatoms. The van der Waals surface area contributed by atoms with Crippen molar-refractivity contribution < 1.29 is 37.0 Å². The fraction of sp³-hybridized carbons (Fsp3) is 0.643. The van der Waals surface area contributed by atoms with Crippen molar-refractivity contribution in [3.05, 3.63) is 12.7 Å². The molecule has 1 unspecified atom stereocenters. The van der Waals surface area contributed by atoms with Gasteiger partial charge in [-0.05, 0) is 6.42 Å². The van der Waals surface area contributed by atoms with E-state index in [-0.39, 0.29) is 12.2 Å². The molecule has 0 saturated carbocycles. The monoisotopic (exact) mass is 451 g/mol. The average molecular weight is 451 g/mol. The number of fused-ring (bicyclic) bond motifs is 1. The maximum Gasteiger partial charge on any atom is 0.340 e. The maximum absolute atomic E-state index is 12.0. The van der Waals surface area contributed by atoms with Crippen LogP contribution in [-0.4, -0.2) is 81.5 Å². The van der Waals surface area contributed by atoms with Gasteiger partial charge in [-0.2, -0.15) is 0 Å². The third-order valence-electron chi connectivity index (χ3n) is 4.57. The Morgan fingerprint density at radius 2 is 1.93 bits per heavy atom. The second kappa shape index (κ2) is 8.22. The molecule has 4 N–H and O–H groups in total. The molecule has 0 aromatic carbocycles. The van der Waals surface area contributed by atoms with E-state index in [1.807, 2.05) is 0 Å². The average Bonchev–Trinajstić information content (AvgIpc) is 3.19. The molecule has 1 aliphatic rings. The van der Waals surface area contributed by atoms with Crippen molar-refractivity contribution in [1.29, 1.82) is 0 Å². The van der Waals surface area contributed by atoms with E-state index < -0.39 is 53.2 Å². The Morgan fingerprint density at radius 3 is 2.55 bits per heavy atom. The summed E-state index contributed by atoms with van der Waals surface area (Å²) < 4.78 is 53.6. The Labute approximate surface area is 166 Å². The zero-order chi connectivity index (χ0) is 21.4. The number of nitrogen functional groups attached to an aromatic ring is 1. The van der Waals surface area contributed by atoms with Gasteiger partial charge in [-0.25, -0.2) is 23.4 Å². The summed E-state index contributed by atoms with van der Waals surface area (Å²) in [6, 6.07) is 0. The van der Waals surface area contributed by atoms with Gasteiger partial charge in [0.15, 0.2) is 33.0 Å². The molecule has 0 spiro atoms. The van der Waals surface area contributed by atoms with Crippen molar-refractivity contribution in [3.8, 4) is 0 Å². The van der Waals surface area contributed by atoms with Crippen molar-refractivity contribution in [3.63, 3.8) is 0 Å². The highest BCUT2D eigenvalue weighted by atomic mass is 32.2. The molecule has 1 aliphatic heterocycles. The lowest BCUT2D eigenvalue weighted by Crippen LogP contribution is -2.36. The third kappa shape index (κ3) is 4.74. The molecule has 0 radical (unpaired) electrons. The van der Waals surface area contributed by atoms with Gasteiger partial charge in [-0.1, -0.05) is 0 Å². The van der Waals surface area contributed by atoms with E-state index in [9.17, 15) is 13.0 Å². The fourth-order valence-electron chi connectivity index (χ4n) is 3.37. The standard InChI is InChI=1S/C14H22N5O8PS/c1-25-10-8(3-4-29(23,24)7-28(20,21)22)27-14(11(10)26-2)19-6-18-9-12(15)16-5-17-13(9)19/h5-6,8,10-11,14H,3-4,7H2,1-2H3,(H2,15,16,17)(H2,20,21,22)/t8?,10-,11-,14-/m1/s1. The molecule has 1 fully saturated rings. The molecule has 29 heavy (non-hydrogen) atoms. The first-order valence-electron chi connectivity index (χ1n) is 8.45. The minimum absolute atomic E-state index is 0.0407. The van der Waals surface area contributed by atoms with Crippen LogP contribution in [0.25, 0.3) is 11.2 Å². The number of aromatic nitrogens is 4. The molecule has 0 bridgehead atoms. The zero-order valence-corrected chi connectivity index (χ0v) is 17.4. The van der Waals surface area contributed by atoms with Crippen LogP contribution in [0.4, 0.5) is 5.82 Å². The topological polar surface area (TPSA) is 189 Å². The Hall–Kier alpha value is -1.67. The van der Waals surface area contributed by atoms with Crippen LogP contribution >= 0.6 is 7.60 Å². The molecule has 2 aromatic rings. The van der Waals surface area contributed by atoms with Gasteiger partial charge in [0.25, 0.3) is 0 Å². The summed E-state index contributed by atoms with van der Waals surface area (Å²) in [5.74, 6) is -0.282. The first kappa shape index (κ1) is 22.0. The van der Waals surface area contributed by atoms with Gasteiger partial charge in [0.2, 0.25) is 0 Å². The molecular formula is C14H22N5O8PS. The molecule has 0 amide bonds. The molecule has 3 rings (SSSR count). The SMILES string of the molecule is CO[C@@H]1[C@H](OC)C(CCS(=O)(=O)CP(=O)(O)O)O[C@H]1n1cnc2c(N)ncnc21. The van der Waals surface area contributed by atoms with Gasteiger partial charge in [0, 0.05) is 14.2 Å². The van der Waals surface area contributed by atoms with Crippen LogP contribution in [0.2, 0.25) is 0 Å².